The van der Waals surface area contributed by atoms with Gasteiger partial charge in [0.2, 0.25) is 11.8 Å². The van der Waals surface area contributed by atoms with E-state index in [9.17, 15) is 19.2 Å². The van der Waals surface area contributed by atoms with Crippen molar-refractivity contribution in [1.82, 2.24) is 40.4 Å². The van der Waals surface area contributed by atoms with Crippen LogP contribution in [0.3, 0.4) is 0 Å². The molecule has 328 valence electrons. The van der Waals surface area contributed by atoms with Crippen LogP contribution >= 0.6 is 0 Å². The first-order valence-electron chi connectivity index (χ1n) is 22.6. The van der Waals surface area contributed by atoms with E-state index in [-0.39, 0.29) is 47.9 Å². The van der Waals surface area contributed by atoms with Crippen molar-refractivity contribution in [3.63, 3.8) is 0 Å². The molecule has 2 saturated carbocycles. The summed E-state index contributed by atoms with van der Waals surface area (Å²) in [6.07, 6.45) is 15.8. The smallest absolute Gasteiger partial charge is 0.408 e. The number of carbonyl (C=O) groups excluding carboxylic acids is 4. The lowest BCUT2D eigenvalue weighted by Crippen LogP contribution is -2.51. The van der Waals surface area contributed by atoms with Gasteiger partial charge in [-0.25, -0.2) is 19.6 Å². The maximum atomic E-state index is 13.9. The Morgan fingerprint density at radius 2 is 1.21 bits per heavy atom. The average molecular weight is 845 g/mol. The fraction of sp³-hybridized carbons (Fsp3) is 0.500. The predicted octanol–water partition coefficient (Wildman–Crippen LogP) is 8.62. The van der Waals surface area contributed by atoms with Gasteiger partial charge in [0.1, 0.15) is 42.0 Å². The molecule has 62 heavy (non-hydrogen) atoms. The molecule has 0 radical (unpaired) electrons. The summed E-state index contributed by atoms with van der Waals surface area (Å²) in [5.74, 6) is 0.881. The zero-order valence-electron chi connectivity index (χ0n) is 36.3. The van der Waals surface area contributed by atoms with Crippen LogP contribution in [-0.4, -0.2) is 91.1 Å². The van der Waals surface area contributed by atoms with Crippen LogP contribution in [0.25, 0.3) is 33.6 Å². The molecule has 3 fully saturated rings. The van der Waals surface area contributed by atoms with Crippen molar-refractivity contribution in [2.45, 2.75) is 128 Å². The summed E-state index contributed by atoms with van der Waals surface area (Å²) in [6.45, 7) is 8.76. The van der Waals surface area contributed by atoms with E-state index in [1.54, 1.807) is 11.1 Å². The van der Waals surface area contributed by atoms with Gasteiger partial charge >= 0.3 is 12.2 Å². The molecule has 2 aromatic carbocycles. The summed E-state index contributed by atoms with van der Waals surface area (Å²) in [5, 5.41) is 5.72. The molecule has 4 N–H and O–H groups in total. The first-order chi connectivity index (χ1) is 30.0. The molecule has 4 heterocycles. The molecule has 1 unspecified atom stereocenters. The third kappa shape index (κ3) is 9.59. The van der Waals surface area contributed by atoms with Crippen molar-refractivity contribution in [2.24, 2.45) is 11.8 Å². The number of likely N-dealkylation sites (tertiary alicyclic amines) is 1. The fourth-order valence-electron chi connectivity index (χ4n) is 9.29. The van der Waals surface area contributed by atoms with E-state index in [0.29, 0.717) is 18.9 Å². The Morgan fingerprint density at radius 3 is 1.77 bits per heavy atom. The highest BCUT2D eigenvalue weighted by atomic mass is 16.6. The maximum Gasteiger partial charge on any atom is 0.408 e. The average Bonchev–Trinajstić information content (AvgIpc) is 4.12. The van der Waals surface area contributed by atoms with Crippen LogP contribution in [-0.2, 0) is 19.1 Å². The van der Waals surface area contributed by atoms with E-state index in [0.717, 1.165) is 104 Å². The number of aromatic nitrogens is 4. The van der Waals surface area contributed by atoms with Gasteiger partial charge in [0.25, 0.3) is 0 Å². The Labute approximate surface area is 363 Å². The maximum absolute atomic E-state index is 13.9. The van der Waals surface area contributed by atoms with Gasteiger partial charge in [0.05, 0.1) is 23.6 Å². The second kappa shape index (κ2) is 19.0. The largest absolute Gasteiger partial charge is 0.446 e. The fourth-order valence-corrected chi connectivity index (χ4v) is 9.29. The van der Waals surface area contributed by atoms with E-state index in [1.807, 2.05) is 50.9 Å². The third-order valence-electron chi connectivity index (χ3n) is 12.8. The van der Waals surface area contributed by atoms with Gasteiger partial charge in [0, 0.05) is 24.8 Å². The van der Waals surface area contributed by atoms with Crippen molar-refractivity contribution in [3.8, 4) is 33.6 Å². The van der Waals surface area contributed by atoms with Crippen molar-refractivity contribution in [1.29, 1.82) is 0 Å². The standard InChI is InChI=1S/C48H60N8O6/c1-29(2)41(53-47(59)61-35-11-5-6-12-35)45(57)55-25-9-15-39(55)43-49-27-37(51-43)33-21-17-31(18-22-33)32-19-23-34(24-20-32)38-28-50-44(52-38)40-16-10-26-56(40)46(58)42(30(3)4)54-48(60)62-36-13-7-8-14-36/h9,15,17-24,27-30,35-36,39-42H,5-8,10-14,16,25-26H2,1-4H3,(H,49,51)(H,50,52)(H,53,59)(H,54,60)/t39-,40-,41-,42?/m0/s1. The molecule has 4 atom stereocenters. The molecule has 4 aliphatic rings. The van der Waals surface area contributed by atoms with Crippen LogP contribution in [0.2, 0.25) is 0 Å². The first kappa shape index (κ1) is 42.8. The molecule has 2 aromatic heterocycles. The van der Waals surface area contributed by atoms with Crippen LogP contribution in [0.5, 0.6) is 0 Å². The number of H-pyrrole nitrogens is 2. The van der Waals surface area contributed by atoms with E-state index in [2.05, 4.69) is 74.1 Å². The van der Waals surface area contributed by atoms with Crippen LogP contribution < -0.4 is 10.6 Å². The highest BCUT2D eigenvalue weighted by Gasteiger charge is 2.39. The number of ether oxygens (including phenoxy) is 2. The molecule has 1 saturated heterocycles. The SMILES string of the molecule is CC(C)C(NC(=O)OC1CCCC1)C(=O)N1CCC[C@H]1c1nc(-c2ccc(-c3ccc(-c4cnc([C@@H]5C=CCN5C(=O)[C@@H](NC(=O)OC5CCCC5)C(C)C)[nH]4)cc3)cc2)c[nH]1. The molecule has 2 aliphatic heterocycles. The number of amides is 4. The summed E-state index contributed by atoms with van der Waals surface area (Å²) in [5.41, 5.74) is 5.66. The molecule has 4 amide bonds. The second-order valence-electron chi connectivity index (χ2n) is 17.9. The number of hydrogen-bond donors (Lipinski definition) is 4. The van der Waals surface area contributed by atoms with Gasteiger partial charge in [-0.3, -0.25) is 9.59 Å². The molecule has 14 nitrogen and oxygen atoms in total. The topological polar surface area (TPSA) is 175 Å². The number of alkyl carbamates (subject to hydrolysis) is 2. The van der Waals surface area contributed by atoms with Gasteiger partial charge in [0.15, 0.2) is 0 Å². The number of nitrogens with one attached hydrogen (secondary N) is 4. The van der Waals surface area contributed by atoms with Crippen molar-refractivity contribution < 1.29 is 28.7 Å². The normalized spacial score (nSPS) is 20.3. The summed E-state index contributed by atoms with van der Waals surface area (Å²) >= 11 is 0. The zero-order valence-corrected chi connectivity index (χ0v) is 36.3. The van der Waals surface area contributed by atoms with Crippen LogP contribution in [0.4, 0.5) is 9.59 Å². The van der Waals surface area contributed by atoms with Crippen molar-refractivity contribution >= 4 is 24.0 Å². The van der Waals surface area contributed by atoms with E-state index < -0.39 is 24.3 Å². The first-order valence-corrected chi connectivity index (χ1v) is 22.6. The molecular weight excluding hydrogens is 785 g/mol. The van der Waals surface area contributed by atoms with Gasteiger partial charge in [-0.2, -0.15) is 0 Å². The highest BCUT2D eigenvalue weighted by molar-refractivity contribution is 5.87. The summed E-state index contributed by atoms with van der Waals surface area (Å²) in [6, 6.07) is 14.5. The van der Waals surface area contributed by atoms with E-state index >= 15 is 0 Å². The molecule has 8 rings (SSSR count). The molecule has 2 aliphatic carbocycles. The predicted molar refractivity (Wildman–Crippen MR) is 235 cm³/mol. The number of carbonyl (C=O) groups is 4. The number of hydrogen-bond acceptors (Lipinski definition) is 8. The summed E-state index contributed by atoms with van der Waals surface area (Å²) < 4.78 is 11.2. The minimum absolute atomic E-state index is 0.0708. The third-order valence-corrected chi connectivity index (χ3v) is 12.8. The molecule has 14 heteroatoms. The number of nitrogens with zero attached hydrogens (tertiary/aromatic N) is 4. The van der Waals surface area contributed by atoms with Gasteiger partial charge in [-0.05, 0) is 92.7 Å². The Bertz CT molecular complexity index is 2220. The minimum atomic E-state index is -0.716. The lowest BCUT2D eigenvalue weighted by Gasteiger charge is -2.30. The quantitative estimate of drug-likeness (QED) is 0.0968. The Morgan fingerprint density at radius 1 is 0.677 bits per heavy atom. The van der Waals surface area contributed by atoms with E-state index in [1.165, 1.54) is 0 Å². The van der Waals surface area contributed by atoms with Gasteiger partial charge in [-0.1, -0.05) is 88.4 Å². The van der Waals surface area contributed by atoms with Gasteiger partial charge in [-0.15, -0.1) is 0 Å². The monoisotopic (exact) mass is 844 g/mol. The molecule has 0 bridgehead atoms. The van der Waals surface area contributed by atoms with E-state index in [4.69, 9.17) is 14.5 Å². The Hall–Kier alpha value is -5.92. The summed E-state index contributed by atoms with van der Waals surface area (Å²) in [7, 11) is 0. The summed E-state index contributed by atoms with van der Waals surface area (Å²) in [4.78, 5) is 73.1. The Balaban J connectivity index is 0.881. The van der Waals surface area contributed by atoms with Crippen LogP contribution in [0.15, 0.2) is 73.1 Å². The second-order valence-corrected chi connectivity index (χ2v) is 17.9. The van der Waals surface area contributed by atoms with Crippen molar-refractivity contribution in [3.05, 3.63) is 84.7 Å². The zero-order chi connectivity index (χ0) is 43.3. The minimum Gasteiger partial charge on any atom is -0.446 e. The number of imidazole rings is 2. The van der Waals surface area contributed by atoms with Crippen LogP contribution in [0.1, 0.15) is 116 Å². The van der Waals surface area contributed by atoms with Crippen molar-refractivity contribution in [2.75, 3.05) is 13.1 Å². The van der Waals surface area contributed by atoms with Crippen LogP contribution in [0, 0.1) is 11.8 Å². The van der Waals surface area contributed by atoms with Gasteiger partial charge < -0.3 is 39.9 Å². The molecule has 4 aromatic rings. The number of aromatic amines is 2. The number of benzene rings is 2. The number of rotatable bonds is 13. The molecule has 0 spiro atoms. The Kier molecular flexibility index (Phi) is 13.1. The lowest BCUT2D eigenvalue weighted by molar-refractivity contribution is -0.136. The molecular formula is C48H60N8O6. The highest BCUT2D eigenvalue weighted by Crippen LogP contribution is 2.34. The lowest BCUT2D eigenvalue weighted by atomic mass is 10.0.